The fraction of sp³-hybridized carbons (Fsp3) is 0.321. The molecule has 1 saturated heterocycles. The number of ether oxygens (including phenoxy) is 2. The summed E-state index contributed by atoms with van der Waals surface area (Å²) in [5, 5.41) is 6.76. The summed E-state index contributed by atoms with van der Waals surface area (Å²) in [6.07, 6.45) is 5.30. The maximum Gasteiger partial charge on any atom is 0.255 e. The standard InChI is InChI=1S/C28H30ClN5O4/c1-5-22(35)34-15-28(2,3)21(34)14-38-20-13-30-11-9-16(20)24-25(23-18(32-24)10-12-31-27(23)36)33-19-8-6-7-17(29)26(19)37-4/h5-9,11,13,21,32-33H,1,10,12,14-15H2,2-4H3,(H,31,36)/t21-/m1/s1. The molecule has 1 atom stereocenters. The van der Waals surface area contributed by atoms with Gasteiger partial charge in [-0.2, -0.15) is 0 Å². The molecular formula is C28H30ClN5O4. The average molecular weight is 536 g/mol. The van der Waals surface area contributed by atoms with Crippen molar-refractivity contribution in [3.05, 3.63) is 65.6 Å². The molecule has 1 aromatic carbocycles. The summed E-state index contributed by atoms with van der Waals surface area (Å²) < 4.78 is 11.8. The number of carbonyl (C=O) groups is 2. The number of amides is 2. The van der Waals surface area contributed by atoms with Crippen molar-refractivity contribution in [2.45, 2.75) is 26.3 Å². The van der Waals surface area contributed by atoms with Crippen LogP contribution < -0.4 is 20.1 Å². The zero-order valence-electron chi connectivity index (χ0n) is 21.6. The Morgan fingerprint density at radius 2 is 2.18 bits per heavy atom. The van der Waals surface area contributed by atoms with E-state index in [-0.39, 0.29) is 29.9 Å². The predicted molar refractivity (Wildman–Crippen MR) is 146 cm³/mol. The van der Waals surface area contributed by atoms with E-state index < -0.39 is 0 Å². The number of methoxy groups -OCH3 is 1. The Hall–Kier alpha value is -3.98. The summed E-state index contributed by atoms with van der Waals surface area (Å²) in [6.45, 7) is 9.29. The lowest BCUT2D eigenvalue weighted by Gasteiger charge is -2.53. The van der Waals surface area contributed by atoms with E-state index in [0.29, 0.717) is 58.7 Å². The van der Waals surface area contributed by atoms with E-state index in [1.165, 1.54) is 6.08 Å². The van der Waals surface area contributed by atoms with Crippen LogP contribution in [0.4, 0.5) is 11.4 Å². The Bertz CT molecular complexity index is 1420. The molecule has 0 saturated carbocycles. The summed E-state index contributed by atoms with van der Waals surface area (Å²) >= 11 is 6.37. The van der Waals surface area contributed by atoms with E-state index in [1.807, 2.05) is 18.2 Å². The molecule has 198 valence electrons. The minimum absolute atomic E-state index is 0.0967. The molecule has 4 heterocycles. The zero-order chi connectivity index (χ0) is 27.0. The molecule has 3 N–H and O–H groups in total. The van der Waals surface area contributed by atoms with E-state index >= 15 is 0 Å². The van der Waals surface area contributed by atoms with Gasteiger partial charge in [0.05, 0.1) is 47.0 Å². The van der Waals surface area contributed by atoms with Gasteiger partial charge in [-0.15, -0.1) is 0 Å². The fourth-order valence-corrected chi connectivity index (χ4v) is 5.41. The van der Waals surface area contributed by atoms with E-state index in [0.717, 1.165) is 11.3 Å². The van der Waals surface area contributed by atoms with E-state index in [1.54, 1.807) is 30.5 Å². The Labute approximate surface area is 226 Å². The van der Waals surface area contributed by atoms with Crippen LogP contribution >= 0.6 is 11.6 Å². The number of hydrogen-bond acceptors (Lipinski definition) is 6. The topological polar surface area (TPSA) is 109 Å². The monoisotopic (exact) mass is 535 g/mol. The van der Waals surface area contributed by atoms with Crippen LogP contribution in [0.25, 0.3) is 11.3 Å². The van der Waals surface area contributed by atoms with Crippen molar-refractivity contribution in [2.75, 3.05) is 32.1 Å². The number of aromatic amines is 1. The number of nitrogens with zero attached hydrogens (tertiary/aromatic N) is 2. The third-order valence-electron chi connectivity index (χ3n) is 7.16. The van der Waals surface area contributed by atoms with Crippen molar-refractivity contribution in [1.82, 2.24) is 20.2 Å². The summed E-state index contributed by atoms with van der Waals surface area (Å²) in [5.41, 5.74) is 3.86. The molecule has 3 aromatic rings. The quantitative estimate of drug-likeness (QED) is 0.365. The van der Waals surface area contributed by atoms with Crippen LogP contribution in [0.1, 0.15) is 29.9 Å². The Morgan fingerprint density at radius 1 is 1.37 bits per heavy atom. The molecular weight excluding hydrogens is 506 g/mol. The first-order valence-electron chi connectivity index (χ1n) is 12.4. The number of anilines is 2. The lowest BCUT2D eigenvalue weighted by atomic mass is 9.75. The molecule has 0 aliphatic carbocycles. The number of para-hydroxylation sites is 1. The number of hydrogen-bond donors (Lipinski definition) is 3. The second-order valence-corrected chi connectivity index (χ2v) is 10.4. The molecule has 2 aromatic heterocycles. The number of halogens is 1. The molecule has 5 rings (SSSR count). The molecule has 0 bridgehead atoms. The highest BCUT2D eigenvalue weighted by molar-refractivity contribution is 6.32. The number of benzene rings is 1. The van der Waals surface area contributed by atoms with Crippen molar-refractivity contribution < 1.29 is 19.1 Å². The number of H-pyrrole nitrogens is 1. The van der Waals surface area contributed by atoms with Crippen LogP contribution in [-0.2, 0) is 11.2 Å². The second-order valence-electron chi connectivity index (χ2n) is 10.0. The van der Waals surface area contributed by atoms with Crippen LogP contribution in [0.5, 0.6) is 11.5 Å². The summed E-state index contributed by atoms with van der Waals surface area (Å²) in [6, 6.07) is 7.11. The average Bonchev–Trinajstić information content (AvgIpc) is 3.26. The van der Waals surface area contributed by atoms with Crippen molar-refractivity contribution in [3.8, 4) is 22.8 Å². The van der Waals surface area contributed by atoms with Gasteiger partial charge in [0.15, 0.2) is 5.75 Å². The zero-order valence-corrected chi connectivity index (χ0v) is 22.3. The van der Waals surface area contributed by atoms with Crippen LogP contribution in [0.3, 0.4) is 0 Å². The SMILES string of the molecule is C=CC(=O)N1CC(C)(C)[C@H]1COc1cnccc1-c1[nH]c2c(c1Nc1cccc(Cl)c1OC)C(=O)NCC2. The van der Waals surface area contributed by atoms with E-state index in [9.17, 15) is 9.59 Å². The number of likely N-dealkylation sites (tertiary alicyclic amines) is 1. The smallest absolute Gasteiger partial charge is 0.255 e. The van der Waals surface area contributed by atoms with Gasteiger partial charge in [0.25, 0.3) is 5.91 Å². The second kappa shape index (κ2) is 10.1. The molecule has 2 aliphatic rings. The van der Waals surface area contributed by atoms with Gasteiger partial charge in [0.1, 0.15) is 12.4 Å². The van der Waals surface area contributed by atoms with Gasteiger partial charge in [-0.05, 0) is 24.3 Å². The van der Waals surface area contributed by atoms with Gasteiger partial charge in [0, 0.05) is 42.4 Å². The summed E-state index contributed by atoms with van der Waals surface area (Å²) in [7, 11) is 1.55. The number of fused-ring (bicyclic) bond motifs is 1. The predicted octanol–water partition coefficient (Wildman–Crippen LogP) is 4.57. The molecule has 0 unspecified atom stereocenters. The first kappa shape index (κ1) is 25.7. The first-order valence-corrected chi connectivity index (χ1v) is 12.8. The maximum absolute atomic E-state index is 13.0. The van der Waals surface area contributed by atoms with Crippen LogP contribution in [0.2, 0.25) is 5.02 Å². The molecule has 0 spiro atoms. The molecule has 0 radical (unpaired) electrons. The fourth-order valence-electron chi connectivity index (χ4n) is 5.15. The van der Waals surface area contributed by atoms with Gasteiger partial charge in [-0.1, -0.05) is 38.1 Å². The van der Waals surface area contributed by atoms with Crippen molar-refractivity contribution in [3.63, 3.8) is 0 Å². The molecule has 10 heteroatoms. The van der Waals surface area contributed by atoms with Gasteiger partial charge < -0.3 is 30.0 Å². The van der Waals surface area contributed by atoms with Crippen molar-refractivity contribution in [2.24, 2.45) is 5.41 Å². The normalized spacial score (nSPS) is 17.6. The van der Waals surface area contributed by atoms with Crippen LogP contribution in [0.15, 0.2) is 49.3 Å². The number of nitrogens with one attached hydrogen (secondary N) is 3. The van der Waals surface area contributed by atoms with Gasteiger partial charge in [-0.25, -0.2) is 0 Å². The third-order valence-corrected chi connectivity index (χ3v) is 7.46. The largest absolute Gasteiger partial charge is 0.493 e. The minimum atomic E-state index is -0.177. The third kappa shape index (κ3) is 4.47. The highest BCUT2D eigenvalue weighted by Gasteiger charge is 2.47. The molecule has 2 aliphatic heterocycles. The van der Waals surface area contributed by atoms with Crippen molar-refractivity contribution >= 4 is 34.8 Å². The Morgan fingerprint density at radius 3 is 2.92 bits per heavy atom. The van der Waals surface area contributed by atoms with E-state index in [2.05, 4.69) is 41.0 Å². The maximum atomic E-state index is 13.0. The number of carbonyl (C=O) groups excluding carboxylic acids is 2. The highest BCUT2D eigenvalue weighted by Crippen LogP contribution is 2.43. The molecule has 9 nitrogen and oxygen atoms in total. The molecule has 2 amide bonds. The lowest BCUT2D eigenvalue weighted by Crippen LogP contribution is -2.65. The summed E-state index contributed by atoms with van der Waals surface area (Å²) in [4.78, 5) is 34.8. The number of pyridine rings is 1. The number of rotatable bonds is 8. The lowest BCUT2D eigenvalue weighted by molar-refractivity contribution is -0.148. The summed E-state index contributed by atoms with van der Waals surface area (Å²) in [5.74, 6) is 0.705. The highest BCUT2D eigenvalue weighted by atomic mass is 35.5. The Balaban J connectivity index is 1.54. The van der Waals surface area contributed by atoms with Gasteiger partial charge in [-0.3, -0.25) is 14.6 Å². The Kier molecular flexibility index (Phi) is 6.79. The van der Waals surface area contributed by atoms with Crippen molar-refractivity contribution in [1.29, 1.82) is 0 Å². The minimum Gasteiger partial charge on any atom is -0.493 e. The molecule has 38 heavy (non-hydrogen) atoms. The van der Waals surface area contributed by atoms with E-state index in [4.69, 9.17) is 21.1 Å². The van der Waals surface area contributed by atoms with Gasteiger partial charge >= 0.3 is 0 Å². The van der Waals surface area contributed by atoms with Crippen LogP contribution in [-0.4, -0.2) is 59.5 Å². The first-order chi connectivity index (χ1) is 18.2. The number of aromatic nitrogens is 2. The molecule has 1 fully saturated rings. The van der Waals surface area contributed by atoms with Gasteiger partial charge in [0.2, 0.25) is 5.91 Å². The van der Waals surface area contributed by atoms with Crippen LogP contribution in [0, 0.1) is 5.41 Å².